The van der Waals surface area contributed by atoms with Gasteiger partial charge >= 0.3 is 0 Å². The summed E-state index contributed by atoms with van der Waals surface area (Å²) in [5.74, 6) is 0.680. The third kappa shape index (κ3) is 4.75. The first-order valence-electron chi connectivity index (χ1n) is 9.27. The second-order valence-electron chi connectivity index (χ2n) is 6.36. The van der Waals surface area contributed by atoms with Crippen molar-refractivity contribution in [3.05, 3.63) is 59.1 Å². The number of carbonyl (C=O) groups excluding carboxylic acids is 1. The Morgan fingerprint density at radius 2 is 1.93 bits per heavy atom. The number of rotatable bonds is 7. The summed E-state index contributed by atoms with van der Waals surface area (Å²) in [5, 5.41) is 12.6. The standard InChI is InChI=1S/C21H23ClN4OS/c1-4-15-9-11-18(12-10-15)23-20(27)14(3)28-21-25-24-19(26(21)5-2)16-7-6-8-17(22)13-16/h6-14H,4-5H2,1-3H3,(H,23,27). The predicted molar refractivity (Wildman–Crippen MR) is 116 cm³/mol. The lowest BCUT2D eigenvalue weighted by atomic mass is 10.1. The Balaban J connectivity index is 1.72. The topological polar surface area (TPSA) is 59.8 Å². The SMILES string of the molecule is CCc1ccc(NC(=O)C(C)Sc2nnc(-c3cccc(Cl)c3)n2CC)cc1. The number of hydrogen-bond donors (Lipinski definition) is 1. The summed E-state index contributed by atoms with van der Waals surface area (Å²) in [6.07, 6.45) is 0.974. The molecular weight excluding hydrogens is 392 g/mol. The van der Waals surface area contributed by atoms with Crippen molar-refractivity contribution in [2.24, 2.45) is 0 Å². The van der Waals surface area contributed by atoms with Crippen molar-refractivity contribution in [1.29, 1.82) is 0 Å². The number of carbonyl (C=O) groups is 1. The largest absolute Gasteiger partial charge is 0.325 e. The molecule has 2 aromatic carbocycles. The Hall–Kier alpha value is -2.31. The van der Waals surface area contributed by atoms with Crippen LogP contribution in [0.5, 0.6) is 0 Å². The van der Waals surface area contributed by atoms with Crippen molar-refractivity contribution in [2.45, 2.75) is 44.1 Å². The van der Waals surface area contributed by atoms with Crippen LogP contribution in [0.15, 0.2) is 53.7 Å². The Labute approximate surface area is 174 Å². The Morgan fingerprint density at radius 1 is 1.18 bits per heavy atom. The van der Waals surface area contributed by atoms with Crippen LogP contribution >= 0.6 is 23.4 Å². The van der Waals surface area contributed by atoms with E-state index in [4.69, 9.17) is 11.6 Å². The van der Waals surface area contributed by atoms with Crippen molar-refractivity contribution < 1.29 is 4.79 Å². The van der Waals surface area contributed by atoms with Crippen LogP contribution in [0.4, 0.5) is 5.69 Å². The summed E-state index contributed by atoms with van der Waals surface area (Å²) in [7, 11) is 0. The Bertz CT molecular complexity index is 955. The first-order valence-corrected chi connectivity index (χ1v) is 10.5. The fraction of sp³-hybridized carbons (Fsp3) is 0.286. The number of amides is 1. The van der Waals surface area contributed by atoms with Crippen molar-refractivity contribution >= 4 is 35.0 Å². The molecule has 28 heavy (non-hydrogen) atoms. The lowest BCUT2D eigenvalue weighted by Crippen LogP contribution is -2.23. The molecule has 0 aliphatic carbocycles. The normalized spacial score (nSPS) is 12.0. The van der Waals surface area contributed by atoms with Crippen molar-refractivity contribution in [3.8, 4) is 11.4 Å². The number of benzene rings is 2. The van der Waals surface area contributed by atoms with E-state index in [2.05, 4.69) is 22.4 Å². The van der Waals surface area contributed by atoms with Gasteiger partial charge in [0.2, 0.25) is 5.91 Å². The molecule has 3 aromatic rings. The summed E-state index contributed by atoms with van der Waals surface area (Å²) < 4.78 is 2.00. The van der Waals surface area contributed by atoms with Crippen LogP contribution in [0.3, 0.4) is 0 Å². The molecule has 3 rings (SSSR count). The number of anilines is 1. The van der Waals surface area contributed by atoms with E-state index in [9.17, 15) is 4.79 Å². The highest BCUT2D eigenvalue weighted by molar-refractivity contribution is 8.00. The summed E-state index contributed by atoms with van der Waals surface area (Å²) in [5.41, 5.74) is 2.94. The average Bonchev–Trinajstić information content (AvgIpc) is 3.11. The number of nitrogens with one attached hydrogen (secondary N) is 1. The zero-order valence-corrected chi connectivity index (χ0v) is 17.7. The monoisotopic (exact) mass is 414 g/mol. The van der Waals surface area contributed by atoms with E-state index in [0.29, 0.717) is 16.7 Å². The molecule has 0 saturated carbocycles. The van der Waals surface area contributed by atoms with Gasteiger partial charge in [-0.1, -0.05) is 54.6 Å². The number of aromatic nitrogens is 3. The van der Waals surface area contributed by atoms with Gasteiger partial charge in [0.25, 0.3) is 0 Å². The lowest BCUT2D eigenvalue weighted by molar-refractivity contribution is -0.115. The predicted octanol–water partition coefficient (Wildman–Crippen LogP) is 5.30. The number of halogens is 1. The molecule has 0 bridgehead atoms. The molecule has 1 unspecified atom stereocenters. The quantitative estimate of drug-likeness (QED) is 0.533. The van der Waals surface area contributed by atoms with Gasteiger partial charge in [0.05, 0.1) is 5.25 Å². The molecule has 5 nitrogen and oxygen atoms in total. The third-order valence-corrected chi connectivity index (χ3v) is 5.71. The van der Waals surface area contributed by atoms with E-state index < -0.39 is 0 Å². The molecule has 1 aromatic heterocycles. The minimum Gasteiger partial charge on any atom is -0.325 e. The molecule has 0 aliphatic rings. The second-order valence-corrected chi connectivity index (χ2v) is 8.10. The van der Waals surface area contributed by atoms with Gasteiger partial charge in [0, 0.05) is 22.8 Å². The molecule has 1 N–H and O–H groups in total. The number of thioether (sulfide) groups is 1. The highest BCUT2D eigenvalue weighted by Gasteiger charge is 2.20. The van der Waals surface area contributed by atoms with Gasteiger partial charge in [-0.15, -0.1) is 10.2 Å². The highest BCUT2D eigenvalue weighted by Crippen LogP contribution is 2.28. The lowest BCUT2D eigenvalue weighted by Gasteiger charge is -2.13. The maximum absolute atomic E-state index is 12.6. The Morgan fingerprint density at radius 3 is 2.57 bits per heavy atom. The van der Waals surface area contributed by atoms with Gasteiger partial charge in [-0.3, -0.25) is 4.79 Å². The molecule has 1 amide bonds. The van der Waals surface area contributed by atoms with Crippen LogP contribution < -0.4 is 5.32 Å². The maximum Gasteiger partial charge on any atom is 0.237 e. The fourth-order valence-electron chi connectivity index (χ4n) is 2.78. The van der Waals surface area contributed by atoms with E-state index in [1.54, 1.807) is 0 Å². The minimum absolute atomic E-state index is 0.0655. The molecule has 0 radical (unpaired) electrons. The summed E-state index contributed by atoms with van der Waals surface area (Å²) in [6.45, 7) is 6.70. The van der Waals surface area contributed by atoms with E-state index in [1.807, 2.05) is 66.9 Å². The Kier molecular flexibility index (Phi) is 6.75. The van der Waals surface area contributed by atoms with E-state index in [1.165, 1.54) is 17.3 Å². The first kappa shape index (κ1) is 20.4. The molecule has 0 saturated heterocycles. The van der Waals surface area contributed by atoms with Crippen LogP contribution in [-0.4, -0.2) is 25.9 Å². The number of nitrogens with zero attached hydrogens (tertiary/aromatic N) is 3. The van der Waals surface area contributed by atoms with Crippen molar-refractivity contribution in [1.82, 2.24) is 14.8 Å². The molecule has 146 valence electrons. The van der Waals surface area contributed by atoms with Crippen LogP contribution in [0.2, 0.25) is 5.02 Å². The fourth-order valence-corrected chi connectivity index (χ4v) is 3.88. The van der Waals surface area contributed by atoms with E-state index in [-0.39, 0.29) is 11.2 Å². The van der Waals surface area contributed by atoms with Crippen LogP contribution in [0.1, 0.15) is 26.3 Å². The van der Waals surface area contributed by atoms with E-state index in [0.717, 1.165) is 23.5 Å². The van der Waals surface area contributed by atoms with Crippen LogP contribution in [-0.2, 0) is 17.8 Å². The third-order valence-electron chi connectivity index (χ3n) is 4.40. The van der Waals surface area contributed by atoms with Crippen molar-refractivity contribution in [2.75, 3.05) is 5.32 Å². The summed E-state index contributed by atoms with van der Waals surface area (Å²) in [6, 6.07) is 15.4. The van der Waals surface area contributed by atoms with Gasteiger partial charge in [-0.05, 0) is 50.1 Å². The smallest absolute Gasteiger partial charge is 0.237 e. The first-order chi connectivity index (χ1) is 13.5. The summed E-state index contributed by atoms with van der Waals surface area (Å²) >= 11 is 7.50. The zero-order chi connectivity index (χ0) is 20.1. The molecule has 0 aliphatic heterocycles. The molecular formula is C21H23ClN4OS. The van der Waals surface area contributed by atoms with Crippen LogP contribution in [0, 0.1) is 0 Å². The van der Waals surface area contributed by atoms with Gasteiger partial charge in [0.1, 0.15) is 0 Å². The molecule has 0 spiro atoms. The second kappa shape index (κ2) is 9.26. The number of aryl methyl sites for hydroxylation is 1. The van der Waals surface area contributed by atoms with Gasteiger partial charge in [-0.2, -0.15) is 0 Å². The molecule has 7 heteroatoms. The summed E-state index contributed by atoms with van der Waals surface area (Å²) in [4.78, 5) is 12.6. The van der Waals surface area contributed by atoms with Crippen LogP contribution in [0.25, 0.3) is 11.4 Å². The number of hydrogen-bond acceptors (Lipinski definition) is 4. The average molecular weight is 415 g/mol. The van der Waals surface area contributed by atoms with E-state index >= 15 is 0 Å². The minimum atomic E-state index is -0.312. The van der Waals surface area contributed by atoms with Gasteiger partial charge in [0.15, 0.2) is 11.0 Å². The highest BCUT2D eigenvalue weighted by atomic mass is 35.5. The molecule has 1 atom stereocenters. The molecule has 0 fully saturated rings. The molecule has 1 heterocycles. The van der Waals surface area contributed by atoms with Gasteiger partial charge < -0.3 is 9.88 Å². The maximum atomic E-state index is 12.6. The zero-order valence-electron chi connectivity index (χ0n) is 16.1. The van der Waals surface area contributed by atoms with Crippen molar-refractivity contribution in [3.63, 3.8) is 0 Å². The van der Waals surface area contributed by atoms with Gasteiger partial charge in [-0.25, -0.2) is 0 Å².